The quantitative estimate of drug-likeness (QED) is 0.314. The number of H-pyrrole nitrogens is 1. The molecule has 2 aromatic carbocycles. The minimum Gasteiger partial charge on any atom is -0.422 e. The predicted molar refractivity (Wildman–Crippen MR) is 105 cm³/mol. The van der Waals surface area contributed by atoms with Crippen LogP contribution in [0.1, 0.15) is 21.1 Å². The molecule has 0 saturated carbocycles. The van der Waals surface area contributed by atoms with Crippen molar-refractivity contribution in [3.8, 4) is 11.8 Å². The summed E-state index contributed by atoms with van der Waals surface area (Å²) in [6.07, 6.45) is 1.74. The Morgan fingerprint density at radius 1 is 1.11 bits per heavy atom. The number of para-hydroxylation sites is 2. The van der Waals surface area contributed by atoms with Gasteiger partial charge in [0.05, 0.1) is 16.6 Å². The average molecular weight is 371 g/mol. The number of fused-ring (bicyclic) bond motifs is 1. The Bertz CT molecular complexity index is 1130. The first-order chi connectivity index (χ1) is 13.2. The van der Waals surface area contributed by atoms with E-state index < -0.39 is 0 Å². The van der Waals surface area contributed by atoms with Crippen molar-refractivity contribution in [2.75, 3.05) is 0 Å². The Hall–Kier alpha value is -3.69. The zero-order valence-corrected chi connectivity index (χ0v) is 14.9. The second-order valence-corrected chi connectivity index (χ2v) is 6.66. The lowest BCUT2D eigenvalue weighted by atomic mass is 10.1. The van der Waals surface area contributed by atoms with Crippen LogP contribution in [-0.2, 0) is 0 Å². The second-order valence-electron chi connectivity index (χ2n) is 5.71. The van der Waals surface area contributed by atoms with Gasteiger partial charge in [-0.2, -0.15) is 5.26 Å². The van der Waals surface area contributed by atoms with E-state index in [9.17, 15) is 10.1 Å². The minimum atomic E-state index is -0.381. The number of aromatic nitrogens is 2. The molecule has 0 bridgehead atoms. The molecule has 27 heavy (non-hydrogen) atoms. The van der Waals surface area contributed by atoms with Crippen LogP contribution in [0.2, 0.25) is 0 Å². The second kappa shape index (κ2) is 7.28. The number of carbonyl (C=O) groups excluding carboxylic acids is 1. The maximum absolute atomic E-state index is 12.0. The highest BCUT2D eigenvalue weighted by Gasteiger charge is 2.10. The van der Waals surface area contributed by atoms with Gasteiger partial charge in [0.1, 0.15) is 22.5 Å². The summed E-state index contributed by atoms with van der Waals surface area (Å²) >= 11 is 1.33. The number of nitrogens with one attached hydrogen (secondary N) is 1. The van der Waals surface area contributed by atoms with Gasteiger partial charge in [0.2, 0.25) is 0 Å². The molecule has 0 spiro atoms. The number of allylic oxidation sites excluding steroid dienone is 1. The molecule has 0 saturated heterocycles. The van der Waals surface area contributed by atoms with Crippen LogP contribution >= 0.6 is 11.3 Å². The van der Waals surface area contributed by atoms with Crippen LogP contribution < -0.4 is 4.74 Å². The normalized spacial score (nSPS) is 11.3. The highest BCUT2D eigenvalue weighted by atomic mass is 32.1. The number of nitrogens with zero attached hydrogens (tertiary/aromatic N) is 2. The molecule has 0 radical (unpaired) electrons. The molecule has 0 amide bonds. The van der Waals surface area contributed by atoms with E-state index in [1.165, 1.54) is 11.3 Å². The Balaban J connectivity index is 1.55. The number of ether oxygens (including phenoxy) is 1. The molecule has 0 aliphatic heterocycles. The Morgan fingerprint density at radius 2 is 1.93 bits per heavy atom. The number of benzene rings is 2. The highest BCUT2D eigenvalue weighted by Crippen LogP contribution is 2.21. The van der Waals surface area contributed by atoms with Crippen molar-refractivity contribution in [3.63, 3.8) is 0 Å². The summed E-state index contributed by atoms with van der Waals surface area (Å²) in [5, 5.41) is 11.3. The molecule has 2 heterocycles. The standard InChI is InChI=1S/C21H13N3O2S/c22-13-15(20-23-17-4-1-2-5-18(17)24-20)12-14-7-9-16(10-8-14)26-21(25)19-6-3-11-27-19/h1-12H,(H,23,24)/b15-12-. The number of thiophene rings is 1. The van der Waals surface area contributed by atoms with E-state index in [4.69, 9.17) is 4.74 Å². The van der Waals surface area contributed by atoms with Crippen LogP contribution in [0.25, 0.3) is 22.7 Å². The van der Waals surface area contributed by atoms with Crippen molar-refractivity contribution in [1.29, 1.82) is 5.26 Å². The van der Waals surface area contributed by atoms with Crippen LogP contribution in [0.5, 0.6) is 5.75 Å². The number of aromatic amines is 1. The third-order valence-corrected chi connectivity index (χ3v) is 4.74. The first-order valence-electron chi connectivity index (χ1n) is 8.15. The number of imidazole rings is 1. The summed E-state index contributed by atoms with van der Waals surface area (Å²) in [6, 6.07) is 20.3. The molecule has 1 N–H and O–H groups in total. The third kappa shape index (κ3) is 3.64. The maximum Gasteiger partial charge on any atom is 0.353 e. The van der Waals surface area contributed by atoms with Crippen molar-refractivity contribution in [1.82, 2.24) is 9.97 Å². The molecule has 0 aliphatic carbocycles. The summed E-state index contributed by atoms with van der Waals surface area (Å²) in [6.45, 7) is 0. The zero-order valence-electron chi connectivity index (χ0n) is 14.0. The fourth-order valence-corrected chi connectivity index (χ4v) is 3.18. The predicted octanol–water partition coefficient (Wildman–Crippen LogP) is 4.91. The molecular weight excluding hydrogens is 358 g/mol. The minimum absolute atomic E-state index is 0.381. The van der Waals surface area contributed by atoms with Crippen LogP contribution in [-0.4, -0.2) is 15.9 Å². The van der Waals surface area contributed by atoms with Crippen LogP contribution in [0, 0.1) is 11.3 Å². The van der Waals surface area contributed by atoms with Crippen LogP contribution in [0.15, 0.2) is 66.0 Å². The average Bonchev–Trinajstić information content (AvgIpc) is 3.37. The molecule has 0 atom stereocenters. The van der Waals surface area contributed by atoms with E-state index in [1.54, 1.807) is 42.5 Å². The zero-order chi connectivity index (χ0) is 18.6. The van der Waals surface area contributed by atoms with Gasteiger partial charge >= 0.3 is 5.97 Å². The number of rotatable bonds is 4. The molecule has 6 heteroatoms. The van der Waals surface area contributed by atoms with E-state index in [2.05, 4.69) is 16.0 Å². The molecule has 5 nitrogen and oxygen atoms in total. The van der Waals surface area contributed by atoms with Crippen molar-refractivity contribution in [3.05, 3.63) is 82.3 Å². The topological polar surface area (TPSA) is 78.8 Å². The smallest absolute Gasteiger partial charge is 0.353 e. The lowest BCUT2D eigenvalue weighted by Gasteiger charge is -2.03. The SMILES string of the molecule is N#C/C(=C/c1ccc(OC(=O)c2cccs2)cc1)c1nc2ccccc2[nH]1. The van der Waals surface area contributed by atoms with Crippen LogP contribution in [0.4, 0.5) is 0 Å². The van der Waals surface area contributed by atoms with E-state index in [0.29, 0.717) is 22.0 Å². The molecule has 4 aromatic rings. The molecule has 4 rings (SSSR count). The lowest BCUT2D eigenvalue weighted by Crippen LogP contribution is -2.05. The maximum atomic E-state index is 12.0. The molecule has 0 aliphatic rings. The largest absolute Gasteiger partial charge is 0.422 e. The van der Waals surface area contributed by atoms with Gasteiger partial charge < -0.3 is 9.72 Å². The fraction of sp³-hybridized carbons (Fsp3) is 0. The highest BCUT2D eigenvalue weighted by molar-refractivity contribution is 7.12. The molecule has 0 fully saturated rings. The first kappa shape index (κ1) is 16.8. The Labute approximate surface area is 159 Å². The summed E-state index contributed by atoms with van der Waals surface area (Å²) in [7, 11) is 0. The van der Waals surface area contributed by atoms with Gasteiger partial charge in [0.15, 0.2) is 0 Å². The number of carbonyl (C=O) groups is 1. The Morgan fingerprint density at radius 3 is 2.63 bits per heavy atom. The van der Waals surface area contributed by atoms with Gasteiger partial charge in [-0.1, -0.05) is 30.3 Å². The molecule has 0 unspecified atom stereocenters. The van der Waals surface area contributed by atoms with E-state index in [0.717, 1.165) is 16.6 Å². The number of hydrogen-bond acceptors (Lipinski definition) is 5. The first-order valence-corrected chi connectivity index (χ1v) is 9.03. The summed E-state index contributed by atoms with van der Waals surface area (Å²) < 4.78 is 5.34. The van der Waals surface area contributed by atoms with E-state index >= 15 is 0 Å². The summed E-state index contributed by atoms with van der Waals surface area (Å²) in [5.74, 6) is 0.591. The monoisotopic (exact) mass is 371 g/mol. The van der Waals surface area contributed by atoms with Gasteiger partial charge in [-0.25, -0.2) is 9.78 Å². The van der Waals surface area contributed by atoms with Crippen molar-refractivity contribution in [2.45, 2.75) is 0 Å². The molecule has 2 aromatic heterocycles. The summed E-state index contributed by atoms with van der Waals surface area (Å²) in [4.78, 5) is 20.1. The Kier molecular flexibility index (Phi) is 4.52. The van der Waals surface area contributed by atoms with Gasteiger partial charge in [-0.05, 0) is 47.4 Å². The molecule has 130 valence electrons. The van der Waals surface area contributed by atoms with Crippen LogP contribution in [0.3, 0.4) is 0 Å². The number of hydrogen-bond donors (Lipinski definition) is 1. The number of esters is 1. The van der Waals surface area contributed by atoms with Gasteiger partial charge in [0, 0.05) is 0 Å². The fourth-order valence-electron chi connectivity index (χ4n) is 2.58. The van der Waals surface area contributed by atoms with Crippen molar-refractivity contribution >= 4 is 40.0 Å². The third-order valence-electron chi connectivity index (χ3n) is 3.89. The summed E-state index contributed by atoms with van der Waals surface area (Å²) in [5.41, 5.74) is 2.92. The lowest BCUT2D eigenvalue weighted by molar-refractivity contribution is 0.0740. The van der Waals surface area contributed by atoms with Crippen molar-refractivity contribution < 1.29 is 9.53 Å². The number of nitriles is 1. The van der Waals surface area contributed by atoms with Crippen molar-refractivity contribution in [2.24, 2.45) is 0 Å². The van der Waals surface area contributed by atoms with E-state index in [-0.39, 0.29) is 5.97 Å². The molecular formula is C21H13N3O2S. The van der Waals surface area contributed by atoms with E-state index in [1.807, 2.05) is 29.6 Å². The van der Waals surface area contributed by atoms with Gasteiger partial charge in [0.25, 0.3) is 0 Å². The van der Waals surface area contributed by atoms with Gasteiger partial charge in [-0.3, -0.25) is 0 Å². The van der Waals surface area contributed by atoms with Gasteiger partial charge in [-0.15, -0.1) is 11.3 Å².